The van der Waals surface area contributed by atoms with Crippen molar-refractivity contribution >= 4 is 10.8 Å². The van der Waals surface area contributed by atoms with Crippen molar-refractivity contribution in [2.75, 3.05) is 0 Å². The van der Waals surface area contributed by atoms with Crippen LogP contribution in [-0.4, -0.2) is 5.11 Å². The van der Waals surface area contributed by atoms with Crippen molar-refractivity contribution < 1.29 is 5.11 Å². The standard InChI is InChI=1S/C13H10O/c1-3-12-9(2)4-5-10-8-11(14)6-7-13(10)12/h1,4-8,14H,2H3. The van der Waals surface area contributed by atoms with E-state index in [1.54, 1.807) is 12.1 Å². The minimum atomic E-state index is 0.268. The Morgan fingerprint density at radius 3 is 2.71 bits per heavy atom. The van der Waals surface area contributed by atoms with Gasteiger partial charge in [0.1, 0.15) is 5.75 Å². The van der Waals surface area contributed by atoms with Crippen LogP contribution in [0.3, 0.4) is 0 Å². The average Bonchev–Trinajstić information content (AvgIpc) is 2.18. The van der Waals surface area contributed by atoms with E-state index in [0.717, 1.165) is 21.9 Å². The summed E-state index contributed by atoms with van der Waals surface area (Å²) >= 11 is 0. The summed E-state index contributed by atoms with van der Waals surface area (Å²) in [6.07, 6.45) is 5.44. The number of benzene rings is 2. The Morgan fingerprint density at radius 2 is 2.00 bits per heavy atom. The largest absolute Gasteiger partial charge is 0.508 e. The first kappa shape index (κ1) is 8.65. The van der Waals surface area contributed by atoms with Crippen molar-refractivity contribution in [3.63, 3.8) is 0 Å². The molecule has 14 heavy (non-hydrogen) atoms. The van der Waals surface area contributed by atoms with E-state index in [1.807, 2.05) is 25.1 Å². The van der Waals surface area contributed by atoms with Gasteiger partial charge < -0.3 is 5.11 Å². The maximum atomic E-state index is 9.31. The fourth-order valence-electron chi connectivity index (χ4n) is 1.62. The van der Waals surface area contributed by atoms with Crippen LogP contribution in [0.4, 0.5) is 0 Å². The zero-order chi connectivity index (χ0) is 10.1. The quantitative estimate of drug-likeness (QED) is 0.621. The fourth-order valence-corrected chi connectivity index (χ4v) is 1.62. The van der Waals surface area contributed by atoms with Gasteiger partial charge >= 0.3 is 0 Å². The summed E-state index contributed by atoms with van der Waals surface area (Å²) in [6, 6.07) is 9.16. The molecule has 0 unspecified atom stereocenters. The number of rotatable bonds is 0. The van der Waals surface area contributed by atoms with E-state index in [2.05, 4.69) is 5.92 Å². The third kappa shape index (κ3) is 1.22. The van der Waals surface area contributed by atoms with E-state index in [-0.39, 0.29) is 5.75 Å². The van der Waals surface area contributed by atoms with Gasteiger partial charge in [0.2, 0.25) is 0 Å². The van der Waals surface area contributed by atoms with Crippen molar-refractivity contribution in [2.45, 2.75) is 6.92 Å². The lowest BCUT2D eigenvalue weighted by molar-refractivity contribution is 0.476. The summed E-state index contributed by atoms with van der Waals surface area (Å²) in [5.74, 6) is 2.94. The van der Waals surface area contributed by atoms with E-state index in [4.69, 9.17) is 6.42 Å². The number of terminal acetylenes is 1. The van der Waals surface area contributed by atoms with Crippen LogP contribution in [0.2, 0.25) is 0 Å². The summed E-state index contributed by atoms with van der Waals surface area (Å²) < 4.78 is 0. The monoisotopic (exact) mass is 182 g/mol. The summed E-state index contributed by atoms with van der Waals surface area (Å²) in [4.78, 5) is 0. The van der Waals surface area contributed by atoms with Crippen LogP contribution >= 0.6 is 0 Å². The molecule has 2 aromatic rings. The van der Waals surface area contributed by atoms with Crippen LogP contribution in [0.25, 0.3) is 10.8 Å². The van der Waals surface area contributed by atoms with Crippen molar-refractivity contribution in [1.29, 1.82) is 0 Å². The predicted molar refractivity (Wildman–Crippen MR) is 58.3 cm³/mol. The summed E-state index contributed by atoms with van der Waals surface area (Å²) in [6.45, 7) is 1.99. The molecule has 0 aliphatic carbocycles. The molecule has 0 saturated heterocycles. The Bertz CT molecular complexity index is 533. The molecule has 0 saturated carbocycles. The number of aryl methyl sites for hydroxylation is 1. The predicted octanol–water partition coefficient (Wildman–Crippen LogP) is 2.84. The number of aromatic hydroxyl groups is 1. The molecule has 0 spiro atoms. The van der Waals surface area contributed by atoms with Crippen molar-refractivity contribution in [1.82, 2.24) is 0 Å². The summed E-state index contributed by atoms with van der Waals surface area (Å²) in [5, 5.41) is 11.3. The molecule has 68 valence electrons. The maximum absolute atomic E-state index is 9.31. The molecule has 1 N–H and O–H groups in total. The van der Waals surface area contributed by atoms with Crippen LogP contribution in [0.1, 0.15) is 11.1 Å². The van der Waals surface area contributed by atoms with E-state index >= 15 is 0 Å². The van der Waals surface area contributed by atoms with E-state index in [0.29, 0.717) is 0 Å². The van der Waals surface area contributed by atoms with Crippen LogP contribution in [0.5, 0.6) is 5.75 Å². The molecule has 0 amide bonds. The first-order chi connectivity index (χ1) is 6.72. The molecule has 0 radical (unpaired) electrons. The molecule has 0 atom stereocenters. The molecule has 0 aromatic heterocycles. The summed E-state index contributed by atoms with van der Waals surface area (Å²) in [5.41, 5.74) is 1.99. The van der Waals surface area contributed by atoms with Gasteiger partial charge in [0.25, 0.3) is 0 Å². The third-order valence-corrected chi connectivity index (χ3v) is 2.36. The van der Waals surface area contributed by atoms with Gasteiger partial charge in [-0.2, -0.15) is 0 Å². The Kier molecular flexibility index (Phi) is 1.90. The smallest absolute Gasteiger partial charge is 0.116 e. The number of phenols is 1. The normalized spacial score (nSPS) is 10.0. The maximum Gasteiger partial charge on any atom is 0.116 e. The topological polar surface area (TPSA) is 20.2 Å². The van der Waals surface area contributed by atoms with Gasteiger partial charge in [-0.3, -0.25) is 0 Å². The van der Waals surface area contributed by atoms with Gasteiger partial charge in [0.05, 0.1) is 0 Å². The Labute approximate surface area is 83.0 Å². The highest BCUT2D eigenvalue weighted by atomic mass is 16.3. The Hall–Kier alpha value is -1.94. The highest BCUT2D eigenvalue weighted by Gasteiger charge is 2.02. The molecule has 0 aliphatic rings. The van der Waals surface area contributed by atoms with Gasteiger partial charge in [0.15, 0.2) is 0 Å². The lowest BCUT2D eigenvalue weighted by Crippen LogP contribution is -1.84. The third-order valence-electron chi connectivity index (χ3n) is 2.36. The fraction of sp³-hybridized carbons (Fsp3) is 0.0769. The first-order valence-corrected chi connectivity index (χ1v) is 4.41. The lowest BCUT2D eigenvalue weighted by Gasteiger charge is -2.04. The molecule has 2 aromatic carbocycles. The second-order valence-corrected chi connectivity index (χ2v) is 3.31. The van der Waals surface area contributed by atoms with Gasteiger partial charge in [-0.1, -0.05) is 18.1 Å². The Morgan fingerprint density at radius 1 is 1.21 bits per heavy atom. The lowest BCUT2D eigenvalue weighted by atomic mass is 10.0. The van der Waals surface area contributed by atoms with Crippen LogP contribution < -0.4 is 0 Å². The molecule has 1 heteroatoms. The first-order valence-electron chi connectivity index (χ1n) is 4.41. The van der Waals surface area contributed by atoms with E-state index in [9.17, 15) is 5.11 Å². The molecule has 0 fully saturated rings. The van der Waals surface area contributed by atoms with Crippen molar-refractivity contribution in [3.05, 3.63) is 41.5 Å². The minimum Gasteiger partial charge on any atom is -0.508 e. The molecule has 0 aliphatic heterocycles. The van der Waals surface area contributed by atoms with Crippen LogP contribution in [0.15, 0.2) is 30.3 Å². The average molecular weight is 182 g/mol. The van der Waals surface area contributed by atoms with Gasteiger partial charge in [-0.25, -0.2) is 0 Å². The second kappa shape index (κ2) is 3.08. The number of fused-ring (bicyclic) bond motifs is 1. The molecule has 0 bridgehead atoms. The SMILES string of the molecule is C#Cc1c(C)ccc2cc(O)ccc12. The highest BCUT2D eigenvalue weighted by Crippen LogP contribution is 2.24. The van der Waals surface area contributed by atoms with Gasteiger partial charge in [0, 0.05) is 5.56 Å². The molecular weight excluding hydrogens is 172 g/mol. The number of hydrogen-bond donors (Lipinski definition) is 1. The highest BCUT2D eigenvalue weighted by molar-refractivity contribution is 5.90. The van der Waals surface area contributed by atoms with E-state index in [1.165, 1.54) is 0 Å². The van der Waals surface area contributed by atoms with Crippen LogP contribution in [0, 0.1) is 19.3 Å². The Balaban J connectivity index is 2.90. The zero-order valence-corrected chi connectivity index (χ0v) is 7.91. The molecule has 0 heterocycles. The van der Waals surface area contributed by atoms with Crippen molar-refractivity contribution in [2.24, 2.45) is 0 Å². The number of hydrogen-bond acceptors (Lipinski definition) is 1. The van der Waals surface area contributed by atoms with Gasteiger partial charge in [-0.15, -0.1) is 6.42 Å². The van der Waals surface area contributed by atoms with Gasteiger partial charge in [-0.05, 0) is 41.5 Å². The zero-order valence-electron chi connectivity index (χ0n) is 7.91. The molecule has 1 nitrogen and oxygen atoms in total. The van der Waals surface area contributed by atoms with E-state index < -0.39 is 0 Å². The molecular formula is C13H10O. The van der Waals surface area contributed by atoms with Crippen LogP contribution in [-0.2, 0) is 0 Å². The minimum absolute atomic E-state index is 0.268. The second-order valence-electron chi connectivity index (χ2n) is 3.31. The van der Waals surface area contributed by atoms with Crippen molar-refractivity contribution in [3.8, 4) is 18.1 Å². The number of phenolic OH excluding ortho intramolecular Hbond substituents is 1. The summed E-state index contributed by atoms with van der Waals surface area (Å²) in [7, 11) is 0. The molecule has 2 rings (SSSR count).